The summed E-state index contributed by atoms with van der Waals surface area (Å²) in [7, 11) is 0. The lowest BCUT2D eigenvalue weighted by atomic mass is 10.0. The SMILES string of the molecule is N#Cc1c(F)cc(O)c(-c2ccccc2)c1F. The van der Waals surface area contributed by atoms with E-state index < -0.39 is 22.9 Å². The molecular weight excluding hydrogens is 224 g/mol. The van der Waals surface area contributed by atoms with E-state index in [0.29, 0.717) is 5.56 Å². The number of halogens is 2. The Morgan fingerprint density at radius 3 is 2.35 bits per heavy atom. The molecule has 0 amide bonds. The zero-order valence-corrected chi connectivity index (χ0v) is 8.61. The molecule has 0 aliphatic rings. The third kappa shape index (κ3) is 1.83. The smallest absolute Gasteiger partial charge is 0.155 e. The van der Waals surface area contributed by atoms with Crippen molar-refractivity contribution in [1.82, 2.24) is 0 Å². The Balaban J connectivity index is 2.76. The van der Waals surface area contributed by atoms with E-state index in [4.69, 9.17) is 5.26 Å². The molecule has 2 rings (SSSR count). The summed E-state index contributed by atoms with van der Waals surface area (Å²) in [6, 6.07) is 10.4. The standard InChI is InChI=1S/C13H7F2NO/c14-10-6-11(17)12(13(15)9(10)7-16)8-4-2-1-3-5-8/h1-6,17H. The summed E-state index contributed by atoms with van der Waals surface area (Å²) in [4.78, 5) is 0. The van der Waals surface area contributed by atoms with E-state index in [9.17, 15) is 13.9 Å². The molecule has 4 heteroatoms. The quantitative estimate of drug-likeness (QED) is 0.818. The van der Waals surface area contributed by atoms with E-state index in [1.165, 1.54) is 6.07 Å². The number of phenols is 1. The van der Waals surface area contributed by atoms with Gasteiger partial charge >= 0.3 is 0 Å². The van der Waals surface area contributed by atoms with Crippen LogP contribution < -0.4 is 0 Å². The molecule has 2 aromatic rings. The number of phenolic OH excluding ortho intramolecular Hbond substituents is 1. The first-order valence-corrected chi connectivity index (χ1v) is 4.81. The van der Waals surface area contributed by atoms with Gasteiger partial charge in [0, 0.05) is 6.07 Å². The lowest BCUT2D eigenvalue weighted by molar-refractivity contribution is 0.462. The van der Waals surface area contributed by atoms with Crippen molar-refractivity contribution >= 4 is 0 Å². The van der Waals surface area contributed by atoms with E-state index in [1.807, 2.05) is 0 Å². The van der Waals surface area contributed by atoms with Gasteiger partial charge in [0.05, 0.1) is 5.56 Å². The highest BCUT2D eigenvalue weighted by Gasteiger charge is 2.19. The highest BCUT2D eigenvalue weighted by molar-refractivity contribution is 5.72. The zero-order valence-electron chi connectivity index (χ0n) is 8.61. The summed E-state index contributed by atoms with van der Waals surface area (Å²) in [5.74, 6) is -2.64. The molecule has 84 valence electrons. The summed E-state index contributed by atoms with van der Waals surface area (Å²) in [6.07, 6.45) is 0. The van der Waals surface area contributed by atoms with Gasteiger partial charge in [-0.05, 0) is 5.56 Å². The van der Waals surface area contributed by atoms with Gasteiger partial charge in [0.25, 0.3) is 0 Å². The van der Waals surface area contributed by atoms with Crippen molar-refractivity contribution in [3.63, 3.8) is 0 Å². The van der Waals surface area contributed by atoms with Gasteiger partial charge in [0.15, 0.2) is 5.82 Å². The molecule has 0 saturated carbocycles. The Bertz CT molecular complexity index is 603. The predicted molar refractivity (Wildman–Crippen MR) is 58.2 cm³/mol. The Morgan fingerprint density at radius 1 is 1.12 bits per heavy atom. The van der Waals surface area contributed by atoms with Crippen LogP contribution in [0.25, 0.3) is 11.1 Å². The maximum Gasteiger partial charge on any atom is 0.155 e. The van der Waals surface area contributed by atoms with Crippen molar-refractivity contribution in [2.75, 3.05) is 0 Å². The first-order chi connectivity index (χ1) is 8.15. The van der Waals surface area contributed by atoms with Gasteiger partial charge in [-0.2, -0.15) is 5.26 Å². The molecule has 0 aromatic heterocycles. The van der Waals surface area contributed by atoms with Crippen molar-refractivity contribution < 1.29 is 13.9 Å². The number of hydrogen-bond acceptors (Lipinski definition) is 2. The molecule has 0 saturated heterocycles. The molecule has 0 atom stereocenters. The average Bonchev–Trinajstić information content (AvgIpc) is 2.30. The third-order valence-corrected chi connectivity index (χ3v) is 2.37. The number of nitrogens with zero attached hydrogens (tertiary/aromatic N) is 1. The largest absolute Gasteiger partial charge is 0.507 e. The Hall–Kier alpha value is -2.41. The van der Waals surface area contributed by atoms with Crippen LogP contribution >= 0.6 is 0 Å². The van der Waals surface area contributed by atoms with E-state index in [2.05, 4.69) is 0 Å². The monoisotopic (exact) mass is 231 g/mol. The molecular formula is C13H7F2NO. The highest BCUT2D eigenvalue weighted by atomic mass is 19.1. The molecule has 0 aliphatic heterocycles. The van der Waals surface area contributed by atoms with Crippen molar-refractivity contribution in [3.05, 3.63) is 53.6 Å². The van der Waals surface area contributed by atoms with Crippen molar-refractivity contribution in [2.45, 2.75) is 0 Å². The lowest BCUT2D eigenvalue weighted by Gasteiger charge is -2.08. The van der Waals surface area contributed by atoms with Gasteiger partial charge in [-0.3, -0.25) is 0 Å². The molecule has 0 unspecified atom stereocenters. The van der Waals surface area contributed by atoms with Gasteiger partial charge in [0.2, 0.25) is 0 Å². The van der Waals surface area contributed by atoms with Crippen LogP contribution in [-0.4, -0.2) is 5.11 Å². The van der Waals surface area contributed by atoms with Crippen LogP contribution in [0.4, 0.5) is 8.78 Å². The van der Waals surface area contributed by atoms with Crippen LogP contribution in [0.15, 0.2) is 36.4 Å². The van der Waals surface area contributed by atoms with Crippen molar-refractivity contribution in [2.24, 2.45) is 0 Å². The van der Waals surface area contributed by atoms with Crippen LogP contribution in [-0.2, 0) is 0 Å². The molecule has 2 aromatic carbocycles. The molecule has 0 bridgehead atoms. The zero-order chi connectivity index (χ0) is 12.4. The Kier molecular flexibility index (Phi) is 2.75. The summed E-state index contributed by atoms with van der Waals surface area (Å²) in [5, 5.41) is 18.2. The number of benzene rings is 2. The maximum atomic E-state index is 13.9. The van der Waals surface area contributed by atoms with Gasteiger partial charge in [0.1, 0.15) is 23.2 Å². The third-order valence-electron chi connectivity index (χ3n) is 2.37. The molecule has 0 aliphatic carbocycles. The molecule has 0 radical (unpaired) electrons. The molecule has 0 heterocycles. The van der Waals surface area contributed by atoms with Crippen LogP contribution in [0.1, 0.15) is 5.56 Å². The van der Waals surface area contributed by atoms with Gasteiger partial charge in [-0.1, -0.05) is 30.3 Å². The van der Waals surface area contributed by atoms with Gasteiger partial charge in [-0.25, -0.2) is 8.78 Å². The molecule has 0 spiro atoms. The minimum Gasteiger partial charge on any atom is -0.507 e. The van der Waals surface area contributed by atoms with Crippen LogP contribution in [0, 0.1) is 23.0 Å². The molecule has 17 heavy (non-hydrogen) atoms. The van der Waals surface area contributed by atoms with E-state index >= 15 is 0 Å². The van der Waals surface area contributed by atoms with Crippen molar-refractivity contribution in [1.29, 1.82) is 5.26 Å². The second-order valence-electron chi connectivity index (χ2n) is 3.42. The first kappa shape index (κ1) is 11.1. The Morgan fingerprint density at radius 2 is 1.76 bits per heavy atom. The predicted octanol–water partition coefficient (Wildman–Crippen LogP) is 3.21. The summed E-state index contributed by atoms with van der Waals surface area (Å²) < 4.78 is 27.0. The number of nitriles is 1. The Labute approximate surface area is 96.4 Å². The number of rotatable bonds is 1. The van der Waals surface area contributed by atoms with Crippen molar-refractivity contribution in [3.8, 4) is 22.9 Å². The maximum absolute atomic E-state index is 13.9. The number of aromatic hydroxyl groups is 1. The fraction of sp³-hybridized carbons (Fsp3) is 0. The second-order valence-corrected chi connectivity index (χ2v) is 3.42. The summed E-state index contributed by atoms with van der Waals surface area (Å²) in [5.41, 5.74) is -0.468. The molecule has 1 N–H and O–H groups in total. The van der Waals surface area contributed by atoms with Crippen LogP contribution in [0.5, 0.6) is 5.75 Å². The molecule has 0 fully saturated rings. The topological polar surface area (TPSA) is 44.0 Å². The first-order valence-electron chi connectivity index (χ1n) is 4.81. The summed E-state index contributed by atoms with van der Waals surface area (Å²) >= 11 is 0. The average molecular weight is 231 g/mol. The summed E-state index contributed by atoms with van der Waals surface area (Å²) in [6.45, 7) is 0. The molecule has 2 nitrogen and oxygen atoms in total. The van der Waals surface area contributed by atoms with Gasteiger partial charge in [-0.15, -0.1) is 0 Å². The normalized spacial score (nSPS) is 9.94. The highest BCUT2D eigenvalue weighted by Crippen LogP contribution is 2.34. The fourth-order valence-electron chi connectivity index (χ4n) is 1.59. The fourth-order valence-corrected chi connectivity index (χ4v) is 1.59. The van der Waals surface area contributed by atoms with E-state index in [1.54, 1.807) is 30.3 Å². The van der Waals surface area contributed by atoms with E-state index in [0.717, 1.165) is 6.07 Å². The lowest BCUT2D eigenvalue weighted by Crippen LogP contribution is -1.94. The second kappa shape index (κ2) is 4.22. The minimum absolute atomic E-state index is 0.163. The van der Waals surface area contributed by atoms with Crippen LogP contribution in [0.2, 0.25) is 0 Å². The van der Waals surface area contributed by atoms with Gasteiger partial charge < -0.3 is 5.11 Å². The van der Waals surface area contributed by atoms with Crippen LogP contribution in [0.3, 0.4) is 0 Å². The van der Waals surface area contributed by atoms with E-state index in [-0.39, 0.29) is 5.56 Å². The number of hydrogen-bond donors (Lipinski definition) is 1. The minimum atomic E-state index is -1.07.